The standard InChI is InChI=1S/C27H29N5O2S/c1-4-8-19-14-13-18(15-28-19)24-20-10-7-11-21-26(35-27(29-21)30-23(33)16-34-3)25(20)32(31-24)22-12-6-5-9-17(22)2/h5-6,9,12-15H,4,7-8,10-11,16H2,1-3H3,(H,29,30,33). The van der Waals surface area contributed by atoms with Crippen molar-refractivity contribution >= 4 is 22.4 Å². The lowest BCUT2D eigenvalue weighted by molar-refractivity contribution is -0.119. The van der Waals surface area contributed by atoms with E-state index in [9.17, 15) is 4.79 Å². The number of aromatic nitrogens is 4. The van der Waals surface area contributed by atoms with Crippen molar-refractivity contribution in [2.45, 2.75) is 46.0 Å². The van der Waals surface area contributed by atoms with E-state index in [4.69, 9.17) is 19.8 Å². The van der Waals surface area contributed by atoms with Gasteiger partial charge in [-0.1, -0.05) is 42.9 Å². The summed E-state index contributed by atoms with van der Waals surface area (Å²) >= 11 is 1.50. The predicted octanol–water partition coefficient (Wildman–Crippen LogP) is 5.39. The van der Waals surface area contributed by atoms with Gasteiger partial charge in [-0.15, -0.1) is 0 Å². The third kappa shape index (κ3) is 4.63. The minimum absolute atomic E-state index is 0.00180. The molecule has 1 N–H and O–H groups in total. The molecule has 8 heteroatoms. The SMILES string of the molecule is CCCc1ccc(-c2nn(-c3ccccc3C)c3c2CCCc2nc(NC(=O)COC)sc2-3)cn1. The number of benzene rings is 1. The van der Waals surface area contributed by atoms with Gasteiger partial charge >= 0.3 is 0 Å². The molecular formula is C27H29N5O2S. The highest BCUT2D eigenvalue weighted by Crippen LogP contribution is 2.43. The molecule has 35 heavy (non-hydrogen) atoms. The molecule has 7 nitrogen and oxygen atoms in total. The molecule has 4 aromatic rings. The van der Waals surface area contributed by atoms with Crippen LogP contribution in [-0.4, -0.2) is 39.4 Å². The van der Waals surface area contributed by atoms with Crippen molar-refractivity contribution in [1.82, 2.24) is 19.7 Å². The summed E-state index contributed by atoms with van der Waals surface area (Å²) in [5, 5.41) is 8.63. The Kier molecular flexibility index (Phi) is 6.74. The van der Waals surface area contributed by atoms with Crippen molar-refractivity contribution in [3.8, 4) is 27.5 Å². The van der Waals surface area contributed by atoms with Crippen molar-refractivity contribution in [3.05, 3.63) is 65.1 Å². The normalized spacial score (nSPS) is 12.7. The molecule has 0 unspecified atom stereocenters. The molecule has 0 bridgehead atoms. The number of thiazole rings is 1. The summed E-state index contributed by atoms with van der Waals surface area (Å²) in [6, 6.07) is 12.5. The zero-order valence-electron chi connectivity index (χ0n) is 20.3. The first-order chi connectivity index (χ1) is 17.1. The zero-order valence-corrected chi connectivity index (χ0v) is 21.1. The van der Waals surface area contributed by atoms with E-state index in [1.807, 2.05) is 18.3 Å². The van der Waals surface area contributed by atoms with Crippen molar-refractivity contribution in [2.75, 3.05) is 19.0 Å². The van der Waals surface area contributed by atoms with Gasteiger partial charge in [-0.3, -0.25) is 15.1 Å². The number of carbonyl (C=O) groups is 1. The van der Waals surface area contributed by atoms with Crippen LogP contribution < -0.4 is 5.32 Å². The maximum atomic E-state index is 12.1. The number of nitrogens with one attached hydrogen (secondary N) is 1. The molecule has 0 radical (unpaired) electrons. The first-order valence-corrected chi connectivity index (χ1v) is 12.8. The van der Waals surface area contributed by atoms with Crippen molar-refractivity contribution in [1.29, 1.82) is 0 Å². The Morgan fingerprint density at radius 1 is 1.20 bits per heavy atom. The second-order valence-corrected chi connectivity index (χ2v) is 9.79. The highest BCUT2D eigenvalue weighted by molar-refractivity contribution is 7.19. The average Bonchev–Trinajstić information content (AvgIpc) is 3.36. The number of nitrogens with zero attached hydrogens (tertiary/aromatic N) is 4. The van der Waals surface area contributed by atoms with Crippen LogP contribution in [0, 0.1) is 6.92 Å². The third-order valence-corrected chi connectivity index (χ3v) is 7.23. The Hall–Kier alpha value is -3.36. The molecule has 0 atom stereocenters. The van der Waals surface area contributed by atoms with Gasteiger partial charge in [-0.2, -0.15) is 5.10 Å². The lowest BCUT2D eigenvalue weighted by atomic mass is 10.0. The maximum absolute atomic E-state index is 12.1. The summed E-state index contributed by atoms with van der Waals surface area (Å²) < 4.78 is 7.02. The van der Waals surface area contributed by atoms with Gasteiger partial charge in [0.05, 0.1) is 27.6 Å². The summed E-state index contributed by atoms with van der Waals surface area (Å²) in [7, 11) is 1.51. The lowest BCUT2D eigenvalue weighted by Gasteiger charge is -2.10. The predicted molar refractivity (Wildman–Crippen MR) is 139 cm³/mol. The number of methoxy groups -OCH3 is 1. The second kappa shape index (κ2) is 10.1. The molecular weight excluding hydrogens is 458 g/mol. The summed E-state index contributed by atoms with van der Waals surface area (Å²) in [5.74, 6) is -0.206. The topological polar surface area (TPSA) is 81.9 Å². The van der Waals surface area contributed by atoms with Crippen LogP contribution in [0.5, 0.6) is 0 Å². The molecule has 0 saturated carbocycles. The number of rotatable bonds is 7. The molecule has 1 aliphatic rings. The fourth-order valence-corrected chi connectivity index (χ4v) is 5.66. The number of amides is 1. The Morgan fingerprint density at radius 3 is 2.80 bits per heavy atom. The van der Waals surface area contributed by atoms with E-state index in [0.717, 1.165) is 76.6 Å². The van der Waals surface area contributed by atoms with Gasteiger partial charge in [0.2, 0.25) is 0 Å². The largest absolute Gasteiger partial charge is 0.375 e. The molecule has 5 rings (SSSR count). The van der Waals surface area contributed by atoms with Crippen molar-refractivity contribution in [2.24, 2.45) is 0 Å². The number of hydrogen-bond acceptors (Lipinski definition) is 6. The Bertz CT molecular complexity index is 1360. The van der Waals surface area contributed by atoms with Gasteiger partial charge in [0.1, 0.15) is 6.61 Å². The lowest BCUT2D eigenvalue weighted by Crippen LogP contribution is -2.16. The number of hydrogen-bond donors (Lipinski definition) is 1. The van der Waals surface area contributed by atoms with Gasteiger partial charge in [-0.05, 0) is 56.4 Å². The monoisotopic (exact) mass is 487 g/mol. The Labute approximate surface area is 209 Å². The zero-order chi connectivity index (χ0) is 24.4. The van der Waals surface area contributed by atoms with Crippen molar-refractivity contribution in [3.63, 3.8) is 0 Å². The summed E-state index contributed by atoms with van der Waals surface area (Å²) in [5.41, 5.74) is 8.53. The van der Waals surface area contributed by atoms with Gasteiger partial charge in [0, 0.05) is 30.1 Å². The average molecular weight is 488 g/mol. The van der Waals surface area contributed by atoms with Crippen LogP contribution in [0.25, 0.3) is 27.5 Å². The van der Waals surface area contributed by atoms with Crippen LogP contribution in [0.3, 0.4) is 0 Å². The van der Waals surface area contributed by atoms with Crippen LogP contribution in [0.1, 0.15) is 42.3 Å². The summed E-state index contributed by atoms with van der Waals surface area (Å²) in [4.78, 5) is 22.7. The minimum atomic E-state index is -0.206. The second-order valence-electron chi connectivity index (χ2n) is 8.79. The van der Waals surface area contributed by atoms with Crippen LogP contribution >= 0.6 is 11.3 Å². The van der Waals surface area contributed by atoms with Gasteiger partial charge in [-0.25, -0.2) is 9.67 Å². The number of fused-ring (bicyclic) bond motifs is 3. The summed E-state index contributed by atoms with van der Waals surface area (Å²) in [6.07, 6.45) is 6.70. The Morgan fingerprint density at radius 2 is 2.06 bits per heavy atom. The van der Waals surface area contributed by atoms with Gasteiger partial charge in [0.15, 0.2) is 5.13 Å². The number of anilines is 1. The molecule has 3 aromatic heterocycles. The molecule has 1 amide bonds. The number of carbonyl (C=O) groups excluding carboxylic acids is 1. The number of aryl methyl sites for hydroxylation is 3. The molecule has 3 heterocycles. The molecule has 1 aromatic carbocycles. The van der Waals surface area contributed by atoms with Gasteiger partial charge < -0.3 is 4.74 Å². The van der Waals surface area contributed by atoms with E-state index < -0.39 is 0 Å². The fourth-order valence-electron chi connectivity index (χ4n) is 4.58. The van der Waals surface area contributed by atoms with Crippen molar-refractivity contribution < 1.29 is 9.53 Å². The highest BCUT2D eigenvalue weighted by atomic mass is 32.1. The first kappa shape index (κ1) is 23.4. The van der Waals surface area contributed by atoms with E-state index in [1.54, 1.807) is 0 Å². The molecule has 180 valence electrons. The fraction of sp³-hybridized carbons (Fsp3) is 0.333. The van der Waals surface area contributed by atoms with E-state index >= 15 is 0 Å². The van der Waals surface area contributed by atoms with E-state index in [2.05, 4.69) is 48.1 Å². The smallest absolute Gasteiger partial charge is 0.252 e. The van der Waals surface area contributed by atoms with Gasteiger partial charge in [0.25, 0.3) is 5.91 Å². The van der Waals surface area contributed by atoms with E-state index in [1.165, 1.54) is 24.0 Å². The maximum Gasteiger partial charge on any atom is 0.252 e. The number of pyridine rings is 1. The van der Waals surface area contributed by atoms with E-state index in [-0.39, 0.29) is 12.5 Å². The molecule has 1 aliphatic carbocycles. The van der Waals surface area contributed by atoms with Crippen LogP contribution in [0.2, 0.25) is 0 Å². The minimum Gasteiger partial charge on any atom is -0.375 e. The molecule has 0 saturated heterocycles. The quantitative estimate of drug-likeness (QED) is 0.378. The number of ether oxygens (including phenoxy) is 1. The molecule has 0 aliphatic heterocycles. The van der Waals surface area contributed by atoms with E-state index in [0.29, 0.717) is 5.13 Å². The molecule has 0 fully saturated rings. The Balaban J connectivity index is 1.67. The summed E-state index contributed by atoms with van der Waals surface area (Å²) in [6.45, 7) is 4.27. The van der Waals surface area contributed by atoms with Crippen LogP contribution in [0.15, 0.2) is 42.6 Å². The molecule has 0 spiro atoms. The first-order valence-electron chi connectivity index (χ1n) is 12.0. The number of para-hydroxylation sites is 1. The van der Waals surface area contributed by atoms with Crippen LogP contribution in [0.4, 0.5) is 5.13 Å². The highest BCUT2D eigenvalue weighted by Gasteiger charge is 2.29. The van der Waals surface area contributed by atoms with Crippen LogP contribution in [-0.2, 0) is 28.8 Å². The third-order valence-electron chi connectivity index (χ3n) is 6.21.